The molecule has 2 aromatic heterocycles. The van der Waals surface area contributed by atoms with E-state index in [1.165, 1.54) is 16.0 Å². The number of fused-ring (bicyclic) bond motifs is 1. The molecule has 3 aromatic rings. The SMILES string of the molecule is CSc1ccc(C(CNCc2ccn[nH]2)N2CCc3sccc3C2)cc1. The van der Waals surface area contributed by atoms with Gasteiger partial charge in [-0.3, -0.25) is 10.00 Å². The van der Waals surface area contributed by atoms with E-state index < -0.39 is 0 Å². The van der Waals surface area contributed by atoms with Gasteiger partial charge in [-0.1, -0.05) is 12.1 Å². The van der Waals surface area contributed by atoms with E-state index in [2.05, 4.69) is 62.4 Å². The highest BCUT2D eigenvalue weighted by atomic mass is 32.2. The zero-order chi connectivity index (χ0) is 17.8. The zero-order valence-corrected chi connectivity index (χ0v) is 16.6. The molecule has 2 N–H and O–H groups in total. The molecule has 4 rings (SSSR count). The van der Waals surface area contributed by atoms with E-state index >= 15 is 0 Å². The van der Waals surface area contributed by atoms with Gasteiger partial charge in [0.25, 0.3) is 0 Å². The molecule has 1 aliphatic rings. The Labute approximate surface area is 163 Å². The van der Waals surface area contributed by atoms with Gasteiger partial charge in [-0.15, -0.1) is 23.1 Å². The molecule has 1 aromatic carbocycles. The van der Waals surface area contributed by atoms with Crippen molar-refractivity contribution in [3.63, 3.8) is 0 Å². The minimum Gasteiger partial charge on any atom is -0.309 e. The van der Waals surface area contributed by atoms with Gasteiger partial charge in [-0.25, -0.2) is 0 Å². The molecule has 0 amide bonds. The van der Waals surface area contributed by atoms with Gasteiger partial charge in [0.2, 0.25) is 0 Å². The summed E-state index contributed by atoms with van der Waals surface area (Å²) >= 11 is 3.69. The van der Waals surface area contributed by atoms with Crippen LogP contribution in [0.4, 0.5) is 0 Å². The lowest BCUT2D eigenvalue weighted by atomic mass is 10.0. The number of nitrogens with one attached hydrogen (secondary N) is 2. The average molecular weight is 385 g/mol. The van der Waals surface area contributed by atoms with Gasteiger partial charge in [-0.2, -0.15) is 5.10 Å². The van der Waals surface area contributed by atoms with E-state index in [0.717, 1.165) is 38.3 Å². The van der Waals surface area contributed by atoms with Crippen LogP contribution in [0.15, 0.2) is 52.9 Å². The van der Waals surface area contributed by atoms with Gasteiger partial charge < -0.3 is 5.32 Å². The van der Waals surface area contributed by atoms with Crippen molar-refractivity contribution in [3.05, 3.63) is 69.7 Å². The third-order valence-corrected chi connectivity index (χ3v) is 6.76. The lowest BCUT2D eigenvalue weighted by Crippen LogP contribution is -2.38. The Balaban J connectivity index is 1.50. The van der Waals surface area contributed by atoms with Crippen molar-refractivity contribution in [2.45, 2.75) is 30.4 Å². The molecule has 0 saturated heterocycles. The predicted molar refractivity (Wildman–Crippen MR) is 110 cm³/mol. The van der Waals surface area contributed by atoms with Crippen molar-refractivity contribution >= 4 is 23.1 Å². The van der Waals surface area contributed by atoms with Crippen LogP contribution < -0.4 is 5.32 Å². The molecule has 0 fully saturated rings. The third kappa shape index (κ3) is 4.04. The predicted octanol–water partition coefficient (Wildman–Crippen LogP) is 4.08. The molecule has 26 heavy (non-hydrogen) atoms. The monoisotopic (exact) mass is 384 g/mol. The summed E-state index contributed by atoms with van der Waals surface area (Å²) in [5.74, 6) is 0. The summed E-state index contributed by atoms with van der Waals surface area (Å²) in [5.41, 5.74) is 4.01. The fourth-order valence-electron chi connectivity index (χ4n) is 3.55. The lowest BCUT2D eigenvalue weighted by Gasteiger charge is -2.35. The van der Waals surface area contributed by atoms with E-state index in [4.69, 9.17) is 0 Å². The Morgan fingerprint density at radius 1 is 1.27 bits per heavy atom. The summed E-state index contributed by atoms with van der Waals surface area (Å²) in [6, 6.07) is 13.7. The van der Waals surface area contributed by atoms with Gasteiger partial charge in [0.15, 0.2) is 0 Å². The number of rotatable bonds is 7. The Morgan fingerprint density at radius 3 is 2.92 bits per heavy atom. The van der Waals surface area contributed by atoms with Gasteiger partial charge in [0, 0.05) is 53.9 Å². The number of thiophene rings is 1. The van der Waals surface area contributed by atoms with Crippen molar-refractivity contribution in [1.82, 2.24) is 20.4 Å². The first kappa shape index (κ1) is 17.8. The number of nitrogens with zero attached hydrogens (tertiary/aromatic N) is 2. The summed E-state index contributed by atoms with van der Waals surface area (Å²) in [6.07, 6.45) is 5.09. The highest BCUT2D eigenvalue weighted by Crippen LogP contribution is 2.31. The number of benzene rings is 1. The second-order valence-electron chi connectivity index (χ2n) is 6.59. The Morgan fingerprint density at radius 2 is 2.15 bits per heavy atom. The van der Waals surface area contributed by atoms with Gasteiger partial charge in [0.1, 0.15) is 0 Å². The van der Waals surface area contributed by atoms with Crippen molar-refractivity contribution in [2.75, 3.05) is 19.3 Å². The summed E-state index contributed by atoms with van der Waals surface area (Å²) in [5, 5.41) is 12.9. The number of hydrogen-bond acceptors (Lipinski definition) is 5. The second kappa shape index (κ2) is 8.39. The number of thioether (sulfide) groups is 1. The molecule has 1 atom stereocenters. The molecule has 6 heteroatoms. The van der Waals surface area contributed by atoms with Crippen LogP contribution in [0.25, 0.3) is 0 Å². The number of H-pyrrole nitrogens is 1. The summed E-state index contributed by atoms with van der Waals surface area (Å²) < 4.78 is 0. The molecule has 0 saturated carbocycles. The maximum absolute atomic E-state index is 4.03. The van der Waals surface area contributed by atoms with Crippen LogP contribution in [0.1, 0.15) is 27.7 Å². The normalized spacial score (nSPS) is 15.7. The first-order chi connectivity index (χ1) is 12.8. The van der Waals surface area contributed by atoms with Gasteiger partial charge in [0.05, 0.1) is 0 Å². The molecule has 1 aliphatic heterocycles. The minimum absolute atomic E-state index is 0.377. The van der Waals surface area contributed by atoms with Gasteiger partial charge in [-0.05, 0) is 53.4 Å². The van der Waals surface area contributed by atoms with E-state index in [9.17, 15) is 0 Å². The second-order valence-corrected chi connectivity index (χ2v) is 8.47. The highest BCUT2D eigenvalue weighted by molar-refractivity contribution is 7.98. The molecule has 136 valence electrons. The summed E-state index contributed by atoms with van der Waals surface area (Å²) in [6.45, 7) is 3.90. The Bertz CT molecular complexity index is 811. The first-order valence-electron chi connectivity index (χ1n) is 8.95. The van der Waals surface area contributed by atoms with Crippen molar-refractivity contribution in [3.8, 4) is 0 Å². The Hall–Kier alpha value is -1.60. The van der Waals surface area contributed by atoms with Crippen LogP contribution in [0.5, 0.6) is 0 Å². The quantitative estimate of drug-likeness (QED) is 0.603. The van der Waals surface area contributed by atoms with Crippen LogP contribution >= 0.6 is 23.1 Å². The van der Waals surface area contributed by atoms with E-state index in [1.807, 2.05) is 17.4 Å². The minimum atomic E-state index is 0.377. The van der Waals surface area contributed by atoms with Crippen molar-refractivity contribution in [2.24, 2.45) is 0 Å². The van der Waals surface area contributed by atoms with Crippen LogP contribution in [0.3, 0.4) is 0 Å². The highest BCUT2D eigenvalue weighted by Gasteiger charge is 2.25. The van der Waals surface area contributed by atoms with Crippen molar-refractivity contribution < 1.29 is 0 Å². The topological polar surface area (TPSA) is 44.0 Å². The molecule has 1 unspecified atom stereocenters. The zero-order valence-electron chi connectivity index (χ0n) is 14.9. The molecule has 4 nitrogen and oxygen atoms in total. The van der Waals surface area contributed by atoms with Crippen LogP contribution in [0.2, 0.25) is 0 Å². The smallest absolute Gasteiger partial charge is 0.0490 e. The van der Waals surface area contributed by atoms with E-state index in [-0.39, 0.29) is 0 Å². The summed E-state index contributed by atoms with van der Waals surface area (Å²) in [4.78, 5) is 5.49. The van der Waals surface area contributed by atoms with Gasteiger partial charge >= 0.3 is 0 Å². The number of aromatic nitrogens is 2. The van der Waals surface area contributed by atoms with E-state index in [0.29, 0.717) is 6.04 Å². The molecule has 0 bridgehead atoms. The largest absolute Gasteiger partial charge is 0.309 e. The first-order valence-corrected chi connectivity index (χ1v) is 11.1. The average Bonchev–Trinajstić information content (AvgIpc) is 3.36. The third-order valence-electron chi connectivity index (χ3n) is 4.99. The number of hydrogen-bond donors (Lipinski definition) is 2. The molecular formula is C20H24N4S2. The molecule has 3 heterocycles. The molecule has 0 aliphatic carbocycles. The van der Waals surface area contributed by atoms with Crippen LogP contribution in [-0.2, 0) is 19.5 Å². The lowest BCUT2D eigenvalue weighted by molar-refractivity contribution is 0.176. The van der Waals surface area contributed by atoms with E-state index in [1.54, 1.807) is 22.8 Å². The van der Waals surface area contributed by atoms with Crippen LogP contribution in [0, 0.1) is 0 Å². The van der Waals surface area contributed by atoms with Crippen molar-refractivity contribution in [1.29, 1.82) is 0 Å². The maximum atomic E-state index is 4.03. The number of aromatic amines is 1. The summed E-state index contributed by atoms with van der Waals surface area (Å²) in [7, 11) is 0. The standard InChI is InChI=1S/C20H24N4S2/c1-25-18-4-2-15(3-5-18)19(13-21-12-17-6-9-22-23-17)24-10-7-20-16(14-24)8-11-26-20/h2-6,8-9,11,19,21H,7,10,12-14H2,1H3,(H,22,23). The molecular weight excluding hydrogens is 360 g/mol. The Kier molecular flexibility index (Phi) is 5.75. The van der Waals surface area contributed by atoms with Crippen LogP contribution in [-0.4, -0.2) is 34.4 Å². The molecule has 0 radical (unpaired) electrons. The molecule has 0 spiro atoms. The maximum Gasteiger partial charge on any atom is 0.0490 e. The fraction of sp³-hybridized carbons (Fsp3) is 0.350. The fourth-order valence-corrected chi connectivity index (χ4v) is 4.84.